The zero-order chi connectivity index (χ0) is 27.7. The molecular formula is C32H40N4O4. The average molecular weight is 545 g/mol. The molecule has 0 spiro atoms. The quantitative estimate of drug-likeness (QED) is 0.363. The van der Waals surface area contributed by atoms with Crippen LogP contribution in [0.5, 0.6) is 0 Å². The van der Waals surface area contributed by atoms with E-state index in [1.807, 2.05) is 65.7 Å². The Balaban J connectivity index is 1.31. The summed E-state index contributed by atoms with van der Waals surface area (Å²) in [7, 11) is 0. The molecule has 8 nitrogen and oxygen atoms in total. The number of benzene rings is 2. The SMILES string of the molecule is O=C(NC(Cc1c[nH]c2ccccc12)C(=O)NC[C@H](Cc1ccccc1)C(=O)N1CCOCC1)C1CCCCC1. The van der Waals surface area contributed by atoms with Crippen LogP contribution in [0, 0.1) is 11.8 Å². The maximum Gasteiger partial charge on any atom is 0.242 e. The lowest BCUT2D eigenvalue weighted by Crippen LogP contribution is -2.52. The number of amides is 3. The third kappa shape index (κ3) is 7.10. The first-order valence-electron chi connectivity index (χ1n) is 14.6. The van der Waals surface area contributed by atoms with Gasteiger partial charge in [0.2, 0.25) is 17.7 Å². The van der Waals surface area contributed by atoms with Gasteiger partial charge in [0.25, 0.3) is 0 Å². The lowest BCUT2D eigenvalue weighted by molar-refractivity contribution is -0.140. The van der Waals surface area contributed by atoms with Gasteiger partial charge >= 0.3 is 0 Å². The third-order valence-corrected chi connectivity index (χ3v) is 8.23. The van der Waals surface area contributed by atoms with Gasteiger partial charge in [-0.25, -0.2) is 0 Å². The molecule has 0 bridgehead atoms. The molecule has 1 aliphatic carbocycles. The van der Waals surface area contributed by atoms with Crippen molar-refractivity contribution in [2.24, 2.45) is 11.8 Å². The van der Waals surface area contributed by atoms with Crippen LogP contribution in [0.25, 0.3) is 10.9 Å². The number of fused-ring (bicyclic) bond motifs is 1. The number of hydrogen-bond acceptors (Lipinski definition) is 4. The number of carbonyl (C=O) groups is 3. The molecule has 3 amide bonds. The highest BCUT2D eigenvalue weighted by Crippen LogP contribution is 2.24. The summed E-state index contributed by atoms with van der Waals surface area (Å²) in [6.45, 7) is 2.36. The van der Waals surface area contributed by atoms with Crippen molar-refractivity contribution in [1.29, 1.82) is 0 Å². The first kappa shape index (κ1) is 27.9. The minimum absolute atomic E-state index is 0.0203. The van der Waals surface area contributed by atoms with E-state index in [9.17, 15) is 14.4 Å². The summed E-state index contributed by atoms with van der Waals surface area (Å²) in [5, 5.41) is 7.17. The summed E-state index contributed by atoms with van der Waals surface area (Å²) < 4.78 is 5.44. The van der Waals surface area contributed by atoms with Crippen molar-refractivity contribution in [3.05, 3.63) is 71.9 Å². The number of morpholine rings is 1. The molecule has 1 unspecified atom stereocenters. The molecule has 2 heterocycles. The van der Waals surface area contributed by atoms with Crippen molar-refractivity contribution < 1.29 is 19.1 Å². The number of nitrogens with one attached hydrogen (secondary N) is 3. The molecule has 3 N–H and O–H groups in total. The lowest BCUT2D eigenvalue weighted by Gasteiger charge is -2.31. The predicted molar refractivity (Wildman–Crippen MR) is 155 cm³/mol. The van der Waals surface area contributed by atoms with E-state index < -0.39 is 12.0 Å². The maximum atomic E-state index is 13.7. The Morgan fingerprint density at radius 2 is 1.65 bits per heavy atom. The van der Waals surface area contributed by atoms with Crippen LogP contribution < -0.4 is 10.6 Å². The highest BCUT2D eigenvalue weighted by Gasteiger charge is 2.30. The first-order valence-corrected chi connectivity index (χ1v) is 14.6. The number of H-pyrrole nitrogens is 1. The number of nitrogens with zero attached hydrogens (tertiary/aromatic N) is 1. The fourth-order valence-electron chi connectivity index (χ4n) is 5.92. The highest BCUT2D eigenvalue weighted by molar-refractivity contribution is 5.90. The molecule has 1 saturated heterocycles. The summed E-state index contributed by atoms with van der Waals surface area (Å²) in [5.41, 5.74) is 3.02. The Morgan fingerprint density at radius 1 is 0.925 bits per heavy atom. The van der Waals surface area contributed by atoms with Crippen LogP contribution in [0.15, 0.2) is 60.8 Å². The van der Waals surface area contributed by atoms with Crippen molar-refractivity contribution >= 4 is 28.6 Å². The molecule has 8 heteroatoms. The van der Waals surface area contributed by atoms with Crippen LogP contribution in [-0.2, 0) is 32.0 Å². The van der Waals surface area contributed by atoms with Gasteiger partial charge in [0, 0.05) is 49.1 Å². The lowest BCUT2D eigenvalue weighted by atomic mass is 9.88. The van der Waals surface area contributed by atoms with Crippen LogP contribution >= 0.6 is 0 Å². The van der Waals surface area contributed by atoms with E-state index in [0.717, 1.165) is 54.1 Å². The average Bonchev–Trinajstić information content (AvgIpc) is 3.42. The van der Waals surface area contributed by atoms with Crippen LogP contribution in [0.1, 0.15) is 43.2 Å². The molecule has 2 fully saturated rings. The van der Waals surface area contributed by atoms with E-state index in [1.54, 1.807) is 0 Å². The smallest absolute Gasteiger partial charge is 0.242 e. The Morgan fingerprint density at radius 3 is 2.42 bits per heavy atom. The van der Waals surface area contributed by atoms with Gasteiger partial charge in [0.1, 0.15) is 6.04 Å². The van der Waals surface area contributed by atoms with E-state index >= 15 is 0 Å². The molecule has 0 radical (unpaired) electrons. The zero-order valence-corrected chi connectivity index (χ0v) is 23.1. The van der Waals surface area contributed by atoms with Crippen molar-refractivity contribution in [3.63, 3.8) is 0 Å². The fourth-order valence-corrected chi connectivity index (χ4v) is 5.92. The van der Waals surface area contributed by atoms with Gasteiger partial charge in [0.05, 0.1) is 19.1 Å². The minimum atomic E-state index is -0.732. The number of carbonyl (C=O) groups excluding carboxylic acids is 3. The highest BCUT2D eigenvalue weighted by atomic mass is 16.5. The summed E-state index contributed by atoms with van der Waals surface area (Å²) >= 11 is 0. The molecular weight excluding hydrogens is 504 g/mol. The molecule has 2 aliphatic rings. The Bertz CT molecular complexity index is 1280. The molecule has 212 valence electrons. The number of hydrogen-bond donors (Lipinski definition) is 3. The summed E-state index contributed by atoms with van der Waals surface area (Å²) in [6, 6.07) is 17.1. The van der Waals surface area contributed by atoms with Crippen molar-refractivity contribution in [2.45, 2.75) is 51.0 Å². The van der Waals surface area contributed by atoms with Gasteiger partial charge in [0.15, 0.2) is 0 Å². The van der Waals surface area contributed by atoms with Gasteiger partial charge in [-0.15, -0.1) is 0 Å². The predicted octanol–water partition coefficient (Wildman–Crippen LogP) is 3.61. The van der Waals surface area contributed by atoms with E-state index in [-0.39, 0.29) is 30.2 Å². The number of rotatable bonds is 10. The van der Waals surface area contributed by atoms with Gasteiger partial charge in [-0.3, -0.25) is 14.4 Å². The summed E-state index contributed by atoms with van der Waals surface area (Å²) in [4.78, 5) is 45.5. The van der Waals surface area contributed by atoms with Crippen molar-refractivity contribution in [2.75, 3.05) is 32.8 Å². The molecule has 1 aromatic heterocycles. The Hall–Kier alpha value is -3.65. The van der Waals surface area contributed by atoms with E-state index in [0.29, 0.717) is 39.1 Å². The van der Waals surface area contributed by atoms with E-state index in [4.69, 9.17) is 4.74 Å². The summed E-state index contributed by atoms with van der Waals surface area (Å²) in [6.07, 6.45) is 7.78. The van der Waals surface area contributed by atoms with Gasteiger partial charge in [-0.2, -0.15) is 0 Å². The molecule has 5 rings (SSSR count). The topological polar surface area (TPSA) is 104 Å². The molecule has 1 aliphatic heterocycles. The zero-order valence-electron chi connectivity index (χ0n) is 23.1. The summed E-state index contributed by atoms with van der Waals surface area (Å²) in [5.74, 6) is -0.757. The molecule has 2 aromatic carbocycles. The van der Waals surface area contributed by atoms with Crippen LogP contribution in [0.4, 0.5) is 0 Å². The monoisotopic (exact) mass is 544 g/mol. The van der Waals surface area contributed by atoms with E-state index in [1.165, 1.54) is 0 Å². The minimum Gasteiger partial charge on any atom is -0.378 e. The van der Waals surface area contributed by atoms with Gasteiger partial charge in [-0.1, -0.05) is 67.8 Å². The van der Waals surface area contributed by atoms with Crippen LogP contribution in [-0.4, -0.2) is 66.5 Å². The number of aromatic nitrogens is 1. The molecule has 3 aromatic rings. The van der Waals surface area contributed by atoms with Crippen LogP contribution in [0.3, 0.4) is 0 Å². The number of para-hydroxylation sites is 1. The van der Waals surface area contributed by atoms with Gasteiger partial charge < -0.3 is 25.3 Å². The fraction of sp³-hybridized carbons (Fsp3) is 0.469. The molecule has 2 atom stereocenters. The second-order valence-electron chi connectivity index (χ2n) is 11.0. The molecule has 40 heavy (non-hydrogen) atoms. The first-order chi connectivity index (χ1) is 19.6. The molecule has 1 saturated carbocycles. The Labute approximate surface area is 235 Å². The number of aromatic amines is 1. The third-order valence-electron chi connectivity index (χ3n) is 8.23. The standard InChI is InChI=1S/C32H40N4O4/c37-30(24-11-5-2-6-12-24)35-29(20-25-21-33-28-14-8-7-13-27(25)28)31(38)34-22-26(19-23-9-3-1-4-10-23)32(39)36-15-17-40-18-16-36/h1,3-4,7-10,13-14,21,24,26,29,33H,2,5-6,11-12,15-20,22H2,(H,34,38)(H,35,37)/t26-,29?/m0/s1. The normalized spacial score (nSPS) is 17.8. The van der Waals surface area contributed by atoms with Crippen molar-refractivity contribution in [3.8, 4) is 0 Å². The van der Waals surface area contributed by atoms with Crippen LogP contribution in [0.2, 0.25) is 0 Å². The van der Waals surface area contributed by atoms with Gasteiger partial charge in [-0.05, 0) is 36.5 Å². The Kier molecular flexibility index (Phi) is 9.50. The second-order valence-corrected chi connectivity index (χ2v) is 11.0. The van der Waals surface area contributed by atoms with Crippen molar-refractivity contribution in [1.82, 2.24) is 20.5 Å². The second kappa shape index (κ2) is 13.6. The largest absolute Gasteiger partial charge is 0.378 e. The maximum absolute atomic E-state index is 13.7. The number of ether oxygens (including phenoxy) is 1. The van der Waals surface area contributed by atoms with E-state index in [2.05, 4.69) is 15.6 Å².